The molecular formula is C35H29NO. The third-order valence-electron chi connectivity index (χ3n) is 8.43. The van der Waals surface area contributed by atoms with E-state index < -0.39 is 0 Å². The van der Waals surface area contributed by atoms with Crippen LogP contribution in [-0.4, -0.2) is 7.11 Å². The summed E-state index contributed by atoms with van der Waals surface area (Å²) in [5.41, 5.74) is 9.12. The highest BCUT2D eigenvalue weighted by Crippen LogP contribution is 2.67. The molecule has 2 heteroatoms. The van der Waals surface area contributed by atoms with Crippen LogP contribution < -0.4 is 10.1 Å². The van der Waals surface area contributed by atoms with Gasteiger partial charge in [-0.05, 0) is 51.1 Å². The summed E-state index contributed by atoms with van der Waals surface area (Å²) < 4.78 is 5.55. The third-order valence-corrected chi connectivity index (χ3v) is 8.43. The number of hydrogen-bond acceptors (Lipinski definition) is 2. The molecule has 0 saturated carbocycles. The molecule has 1 saturated heterocycles. The first-order valence-corrected chi connectivity index (χ1v) is 13.0. The van der Waals surface area contributed by atoms with Gasteiger partial charge in [-0.1, -0.05) is 121 Å². The van der Waals surface area contributed by atoms with Gasteiger partial charge in [0.2, 0.25) is 0 Å². The molecule has 2 nitrogen and oxygen atoms in total. The fraction of sp³-hybridized carbons (Fsp3) is 0.143. The van der Waals surface area contributed by atoms with E-state index in [-0.39, 0.29) is 23.4 Å². The van der Waals surface area contributed by atoms with E-state index in [9.17, 15) is 0 Å². The van der Waals surface area contributed by atoms with Crippen molar-refractivity contribution in [2.45, 2.75) is 23.4 Å². The number of nitrogens with one attached hydrogen (secondary N) is 1. The molecule has 2 aliphatic rings. The minimum atomic E-state index is -0.288. The molecule has 3 atom stereocenters. The number of rotatable bonds is 4. The summed E-state index contributed by atoms with van der Waals surface area (Å²) in [4.78, 5) is 0. The minimum absolute atomic E-state index is 0.0933. The lowest BCUT2D eigenvalue weighted by molar-refractivity contribution is 0.410. The topological polar surface area (TPSA) is 21.3 Å². The highest BCUT2D eigenvalue weighted by molar-refractivity contribution is 5.83. The summed E-state index contributed by atoms with van der Waals surface area (Å²) in [5.74, 6) is 1.04. The fourth-order valence-corrected chi connectivity index (χ4v) is 7.02. The Labute approximate surface area is 218 Å². The van der Waals surface area contributed by atoms with Crippen LogP contribution in [0.15, 0.2) is 133 Å². The summed E-state index contributed by atoms with van der Waals surface area (Å²) in [6, 6.07) is 49.0. The van der Waals surface area contributed by atoms with Crippen molar-refractivity contribution in [2.75, 3.05) is 7.11 Å². The number of methoxy groups -OCH3 is 1. The molecule has 0 aromatic heterocycles. The molecule has 0 amide bonds. The van der Waals surface area contributed by atoms with Gasteiger partial charge in [0.1, 0.15) is 5.75 Å². The number of ether oxygens (including phenoxy) is 1. The third kappa shape index (κ3) is 3.22. The van der Waals surface area contributed by atoms with Gasteiger partial charge in [0.15, 0.2) is 0 Å². The van der Waals surface area contributed by atoms with Crippen LogP contribution in [0.4, 0.5) is 0 Å². The predicted octanol–water partition coefficient (Wildman–Crippen LogP) is 7.83. The highest BCUT2D eigenvalue weighted by Gasteiger charge is 2.61. The first-order valence-electron chi connectivity index (χ1n) is 13.0. The Kier molecular flexibility index (Phi) is 5.23. The highest BCUT2D eigenvalue weighted by atomic mass is 16.5. The van der Waals surface area contributed by atoms with E-state index in [1.165, 1.54) is 38.9 Å². The lowest BCUT2D eigenvalue weighted by Gasteiger charge is -2.40. The van der Waals surface area contributed by atoms with Gasteiger partial charge in [0.25, 0.3) is 0 Å². The number of benzene rings is 5. The second kappa shape index (κ2) is 8.76. The van der Waals surface area contributed by atoms with Crippen LogP contribution in [-0.2, 0) is 5.41 Å². The quantitative estimate of drug-likeness (QED) is 0.284. The van der Waals surface area contributed by atoms with Gasteiger partial charge in [0.05, 0.1) is 7.11 Å². The molecule has 0 bridgehead atoms. The zero-order valence-electron chi connectivity index (χ0n) is 20.8. The predicted molar refractivity (Wildman–Crippen MR) is 150 cm³/mol. The minimum Gasteiger partial charge on any atom is -0.497 e. The molecule has 1 heterocycles. The van der Waals surface area contributed by atoms with Crippen molar-refractivity contribution in [3.63, 3.8) is 0 Å². The number of hydrogen-bond donors (Lipinski definition) is 1. The summed E-state index contributed by atoms with van der Waals surface area (Å²) in [7, 11) is 1.73. The Morgan fingerprint density at radius 3 is 1.62 bits per heavy atom. The normalized spacial score (nSPS) is 20.9. The second-order valence-electron chi connectivity index (χ2n) is 10.1. The average molecular weight is 480 g/mol. The Bertz CT molecular complexity index is 1500. The first-order chi connectivity index (χ1) is 18.3. The van der Waals surface area contributed by atoms with E-state index in [0.717, 1.165) is 5.75 Å². The average Bonchev–Trinajstić information content (AvgIpc) is 3.49. The smallest absolute Gasteiger partial charge is 0.118 e. The standard InChI is InChI=1S/C35H29NO/c1-37-27-22-20-24(21-23-27)32-33(25-12-4-2-5-13-25)36-34(26-14-6-3-7-15-26)35(32)30-18-10-8-16-28(30)29-17-9-11-19-31(29)35/h2-23,32-34,36H,1H3/t32-,33-,34+/m1/s1. The molecule has 180 valence electrons. The van der Waals surface area contributed by atoms with Crippen molar-refractivity contribution in [3.8, 4) is 16.9 Å². The monoisotopic (exact) mass is 479 g/mol. The van der Waals surface area contributed by atoms with Crippen molar-refractivity contribution in [2.24, 2.45) is 0 Å². The second-order valence-corrected chi connectivity index (χ2v) is 10.1. The molecule has 1 spiro atoms. The van der Waals surface area contributed by atoms with Gasteiger partial charge in [-0.3, -0.25) is 0 Å². The molecule has 5 aromatic rings. The van der Waals surface area contributed by atoms with E-state index in [4.69, 9.17) is 4.74 Å². The SMILES string of the molecule is COc1ccc([C@@H]2[C@@H](c3ccccc3)N[C@@H](c3ccccc3)C23c2ccccc2-c2ccccc23)cc1. The summed E-state index contributed by atoms with van der Waals surface area (Å²) in [6.45, 7) is 0. The van der Waals surface area contributed by atoms with Gasteiger partial charge in [-0.2, -0.15) is 0 Å². The zero-order chi connectivity index (χ0) is 24.8. The molecule has 37 heavy (non-hydrogen) atoms. The van der Waals surface area contributed by atoms with Crippen LogP contribution in [0.1, 0.15) is 45.8 Å². The molecule has 0 radical (unpaired) electrons. The van der Waals surface area contributed by atoms with Gasteiger partial charge in [0, 0.05) is 23.4 Å². The molecule has 1 aliphatic heterocycles. The first kappa shape index (κ1) is 22.1. The van der Waals surface area contributed by atoms with E-state index in [0.29, 0.717) is 0 Å². The maximum Gasteiger partial charge on any atom is 0.118 e. The maximum absolute atomic E-state index is 5.55. The summed E-state index contributed by atoms with van der Waals surface area (Å²) in [6.07, 6.45) is 0. The molecule has 5 aromatic carbocycles. The van der Waals surface area contributed by atoms with E-state index >= 15 is 0 Å². The van der Waals surface area contributed by atoms with Crippen molar-refractivity contribution >= 4 is 0 Å². The van der Waals surface area contributed by atoms with Crippen molar-refractivity contribution < 1.29 is 4.74 Å². The fourth-order valence-electron chi connectivity index (χ4n) is 7.02. The van der Waals surface area contributed by atoms with Crippen molar-refractivity contribution in [1.82, 2.24) is 5.32 Å². The van der Waals surface area contributed by atoms with Crippen molar-refractivity contribution in [1.29, 1.82) is 0 Å². The number of fused-ring (bicyclic) bond motifs is 5. The van der Waals surface area contributed by atoms with Gasteiger partial charge in [-0.15, -0.1) is 0 Å². The summed E-state index contributed by atoms with van der Waals surface area (Å²) in [5, 5.41) is 4.18. The van der Waals surface area contributed by atoms with Crippen LogP contribution in [0.2, 0.25) is 0 Å². The largest absolute Gasteiger partial charge is 0.497 e. The Hall–Kier alpha value is -4.14. The van der Waals surface area contributed by atoms with E-state index in [2.05, 4.69) is 139 Å². The van der Waals surface area contributed by atoms with E-state index in [1.54, 1.807) is 7.11 Å². The van der Waals surface area contributed by atoms with Crippen LogP contribution >= 0.6 is 0 Å². The van der Waals surface area contributed by atoms with Gasteiger partial charge < -0.3 is 10.1 Å². The van der Waals surface area contributed by atoms with E-state index in [1.807, 2.05) is 0 Å². The van der Waals surface area contributed by atoms with Gasteiger partial charge >= 0.3 is 0 Å². The zero-order valence-corrected chi connectivity index (χ0v) is 20.8. The Balaban J connectivity index is 1.58. The lowest BCUT2D eigenvalue weighted by atomic mass is 9.61. The lowest BCUT2D eigenvalue weighted by Crippen LogP contribution is -2.36. The molecule has 1 fully saturated rings. The summed E-state index contributed by atoms with van der Waals surface area (Å²) >= 11 is 0. The molecule has 0 unspecified atom stereocenters. The van der Waals surface area contributed by atoms with Crippen LogP contribution in [0.5, 0.6) is 5.75 Å². The molecule has 7 rings (SSSR count). The Morgan fingerprint density at radius 1 is 0.541 bits per heavy atom. The molecule has 1 N–H and O–H groups in total. The van der Waals surface area contributed by atoms with Crippen LogP contribution in [0, 0.1) is 0 Å². The molecule has 1 aliphatic carbocycles. The molecular weight excluding hydrogens is 450 g/mol. The Morgan fingerprint density at radius 2 is 1.05 bits per heavy atom. The van der Waals surface area contributed by atoms with Crippen LogP contribution in [0.25, 0.3) is 11.1 Å². The van der Waals surface area contributed by atoms with Gasteiger partial charge in [-0.25, -0.2) is 0 Å². The maximum atomic E-state index is 5.55. The van der Waals surface area contributed by atoms with Crippen LogP contribution in [0.3, 0.4) is 0 Å². The van der Waals surface area contributed by atoms with Crippen molar-refractivity contribution in [3.05, 3.63) is 161 Å².